The van der Waals surface area contributed by atoms with Gasteiger partial charge in [0.05, 0.1) is 24.3 Å². The van der Waals surface area contributed by atoms with E-state index in [-0.39, 0.29) is 11.8 Å². The van der Waals surface area contributed by atoms with Crippen LogP contribution in [-0.2, 0) is 0 Å². The molecule has 6 nitrogen and oxygen atoms in total. The molecule has 1 heterocycles. The van der Waals surface area contributed by atoms with Crippen LogP contribution < -0.4 is 9.47 Å². The van der Waals surface area contributed by atoms with Gasteiger partial charge in [0.25, 0.3) is 11.8 Å². The lowest BCUT2D eigenvalue weighted by molar-refractivity contribution is 0.0714. The highest BCUT2D eigenvalue weighted by molar-refractivity contribution is 5.98. The molecule has 1 aliphatic heterocycles. The number of unbranched alkanes of at least 4 members (excludes halogenated alkanes) is 2. The second-order valence-corrected chi connectivity index (χ2v) is 8.33. The number of hydrogen-bond acceptors (Lipinski definition) is 4. The number of carbonyl (C=O) groups excluding carboxylic acids is 2. The molecule has 1 aliphatic rings. The third-order valence-corrected chi connectivity index (χ3v) is 5.82. The summed E-state index contributed by atoms with van der Waals surface area (Å²) in [5, 5.41) is 0. The summed E-state index contributed by atoms with van der Waals surface area (Å²) in [6.07, 6.45) is 4.72. The van der Waals surface area contributed by atoms with Gasteiger partial charge in [0.2, 0.25) is 0 Å². The Labute approximate surface area is 197 Å². The van der Waals surface area contributed by atoms with Crippen molar-refractivity contribution in [2.24, 2.45) is 0 Å². The zero-order valence-corrected chi connectivity index (χ0v) is 19.9. The molecule has 2 aromatic rings. The van der Waals surface area contributed by atoms with Crippen LogP contribution in [0.5, 0.6) is 11.5 Å². The van der Waals surface area contributed by atoms with Crippen molar-refractivity contribution in [3.05, 3.63) is 59.7 Å². The third kappa shape index (κ3) is 6.73. The summed E-state index contributed by atoms with van der Waals surface area (Å²) in [6.45, 7) is 7.63. The average molecular weight is 453 g/mol. The SMILES string of the molecule is CCCCOc1ccccc1C(=O)N1CCCN(C(=O)c2ccccc2OCCCC)CC1. The van der Waals surface area contributed by atoms with Crippen LogP contribution in [0.4, 0.5) is 0 Å². The molecule has 178 valence electrons. The monoisotopic (exact) mass is 452 g/mol. The number of amides is 2. The number of rotatable bonds is 10. The first-order valence-electron chi connectivity index (χ1n) is 12.2. The summed E-state index contributed by atoms with van der Waals surface area (Å²) < 4.78 is 11.7. The van der Waals surface area contributed by atoms with Crippen molar-refractivity contribution >= 4 is 11.8 Å². The van der Waals surface area contributed by atoms with Crippen LogP contribution in [0.15, 0.2) is 48.5 Å². The zero-order valence-electron chi connectivity index (χ0n) is 19.9. The van der Waals surface area contributed by atoms with Crippen LogP contribution in [0, 0.1) is 0 Å². The number of carbonyl (C=O) groups is 2. The van der Waals surface area contributed by atoms with Gasteiger partial charge in [0, 0.05) is 26.2 Å². The predicted octanol–water partition coefficient (Wildman–Crippen LogP) is 5.03. The van der Waals surface area contributed by atoms with Crippen LogP contribution in [0.2, 0.25) is 0 Å². The number of nitrogens with zero attached hydrogens (tertiary/aromatic N) is 2. The van der Waals surface area contributed by atoms with Gasteiger partial charge >= 0.3 is 0 Å². The van der Waals surface area contributed by atoms with Crippen molar-refractivity contribution in [2.75, 3.05) is 39.4 Å². The first-order valence-corrected chi connectivity index (χ1v) is 12.2. The van der Waals surface area contributed by atoms with Gasteiger partial charge in [-0.1, -0.05) is 51.0 Å². The normalized spacial score (nSPS) is 14.0. The van der Waals surface area contributed by atoms with Gasteiger partial charge in [-0.3, -0.25) is 9.59 Å². The van der Waals surface area contributed by atoms with Gasteiger partial charge in [0.1, 0.15) is 11.5 Å². The second-order valence-electron chi connectivity index (χ2n) is 8.33. The molecule has 0 spiro atoms. The quantitative estimate of drug-likeness (QED) is 0.474. The van der Waals surface area contributed by atoms with Crippen LogP contribution in [0.25, 0.3) is 0 Å². The number of ether oxygens (including phenoxy) is 2. The molecule has 2 aromatic carbocycles. The highest BCUT2D eigenvalue weighted by Gasteiger charge is 2.26. The van der Waals surface area contributed by atoms with Crippen LogP contribution in [0.1, 0.15) is 66.7 Å². The minimum absolute atomic E-state index is 0.0419. The van der Waals surface area contributed by atoms with E-state index in [9.17, 15) is 9.59 Å². The highest BCUT2D eigenvalue weighted by Crippen LogP contribution is 2.23. The van der Waals surface area contributed by atoms with Crippen molar-refractivity contribution in [3.8, 4) is 11.5 Å². The Bertz CT molecular complexity index is 841. The first kappa shape index (κ1) is 24.6. The molecule has 1 fully saturated rings. The Morgan fingerprint density at radius 1 is 0.697 bits per heavy atom. The van der Waals surface area contributed by atoms with E-state index in [0.717, 1.165) is 32.1 Å². The molecule has 6 heteroatoms. The standard InChI is InChI=1S/C27H36N2O4/c1-3-5-20-32-24-14-9-7-12-22(24)26(30)28-16-11-17-29(19-18-28)27(31)23-13-8-10-15-25(23)33-21-6-4-2/h7-10,12-15H,3-6,11,16-21H2,1-2H3. The Morgan fingerprint density at radius 3 is 1.55 bits per heavy atom. The average Bonchev–Trinajstić information content (AvgIpc) is 3.11. The molecular weight excluding hydrogens is 416 g/mol. The van der Waals surface area contributed by atoms with E-state index in [1.807, 2.05) is 58.3 Å². The Balaban J connectivity index is 1.66. The topological polar surface area (TPSA) is 59.1 Å². The van der Waals surface area contributed by atoms with Crippen molar-refractivity contribution in [3.63, 3.8) is 0 Å². The maximum atomic E-state index is 13.3. The Hall–Kier alpha value is -3.02. The molecule has 0 N–H and O–H groups in total. The maximum Gasteiger partial charge on any atom is 0.257 e. The highest BCUT2D eigenvalue weighted by atomic mass is 16.5. The first-order chi connectivity index (χ1) is 16.2. The molecule has 0 bridgehead atoms. The summed E-state index contributed by atoms with van der Waals surface area (Å²) in [4.78, 5) is 30.2. The molecule has 33 heavy (non-hydrogen) atoms. The molecule has 0 radical (unpaired) electrons. The molecule has 0 atom stereocenters. The summed E-state index contributed by atoms with van der Waals surface area (Å²) in [5.74, 6) is 1.18. The van der Waals surface area contributed by atoms with E-state index in [2.05, 4.69) is 13.8 Å². The van der Waals surface area contributed by atoms with Crippen LogP contribution in [-0.4, -0.2) is 61.0 Å². The number of hydrogen-bond donors (Lipinski definition) is 0. The van der Waals surface area contributed by atoms with Crippen molar-refractivity contribution in [1.82, 2.24) is 9.80 Å². The van der Waals surface area contributed by atoms with E-state index in [4.69, 9.17) is 9.47 Å². The molecular formula is C27H36N2O4. The van der Waals surface area contributed by atoms with Crippen LogP contribution >= 0.6 is 0 Å². The van der Waals surface area contributed by atoms with Gasteiger partial charge in [-0.2, -0.15) is 0 Å². The Kier molecular flexibility index (Phi) is 9.60. The molecule has 2 amide bonds. The van der Waals surface area contributed by atoms with Gasteiger partial charge in [-0.15, -0.1) is 0 Å². The lowest BCUT2D eigenvalue weighted by Crippen LogP contribution is -2.37. The minimum Gasteiger partial charge on any atom is -0.493 e. The van der Waals surface area contributed by atoms with Gasteiger partial charge in [-0.25, -0.2) is 0 Å². The largest absolute Gasteiger partial charge is 0.493 e. The molecule has 0 unspecified atom stereocenters. The second kappa shape index (κ2) is 12.9. The fourth-order valence-corrected chi connectivity index (χ4v) is 3.86. The fraction of sp³-hybridized carbons (Fsp3) is 0.481. The van der Waals surface area contributed by atoms with E-state index in [1.165, 1.54) is 0 Å². The van der Waals surface area contributed by atoms with Crippen molar-refractivity contribution in [2.45, 2.75) is 46.0 Å². The molecule has 1 saturated heterocycles. The van der Waals surface area contributed by atoms with E-state index in [0.29, 0.717) is 62.0 Å². The Morgan fingerprint density at radius 2 is 1.12 bits per heavy atom. The number of benzene rings is 2. The van der Waals surface area contributed by atoms with E-state index in [1.54, 1.807) is 0 Å². The van der Waals surface area contributed by atoms with Crippen LogP contribution in [0.3, 0.4) is 0 Å². The lowest BCUT2D eigenvalue weighted by atomic mass is 10.1. The van der Waals surface area contributed by atoms with E-state index < -0.39 is 0 Å². The summed E-state index contributed by atoms with van der Waals surface area (Å²) in [7, 11) is 0. The molecule has 0 aliphatic carbocycles. The predicted molar refractivity (Wildman–Crippen MR) is 130 cm³/mol. The zero-order chi connectivity index (χ0) is 23.5. The summed E-state index contributed by atoms with van der Waals surface area (Å²) >= 11 is 0. The maximum absolute atomic E-state index is 13.3. The molecule has 0 saturated carbocycles. The molecule has 3 rings (SSSR count). The third-order valence-electron chi connectivity index (χ3n) is 5.82. The summed E-state index contributed by atoms with van der Waals surface area (Å²) in [5.41, 5.74) is 1.17. The van der Waals surface area contributed by atoms with Crippen molar-refractivity contribution < 1.29 is 19.1 Å². The summed E-state index contributed by atoms with van der Waals surface area (Å²) in [6, 6.07) is 14.9. The number of para-hydroxylation sites is 2. The minimum atomic E-state index is -0.0419. The smallest absolute Gasteiger partial charge is 0.257 e. The fourth-order valence-electron chi connectivity index (χ4n) is 3.86. The van der Waals surface area contributed by atoms with E-state index >= 15 is 0 Å². The van der Waals surface area contributed by atoms with Gasteiger partial charge < -0.3 is 19.3 Å². The van der Waals surface area contributed by atoms with Gasteiger partial charge in [0.15, 0.2) is 0 Å². The van der Waals surface area contributed by atoms with Crippen molar-refractivity contribution in [1.29, 1.82) is 0 Å². The van der Waals surface area contributed by atoms with Gasteiger partial charge in [-0.05, 0) is 43.5 Å². The lowest BCUT2D eigenvalue weighted by Gasteiger charge is -2.23. The molecule has 0 aromatic heterocycles.